The molecule has 2 nitrogen and oxygen atoms in total. The Hall–Kier alpha value is -1.91. The first-order valence-electron chi connectivity index (χ1n) is 6.46. The summed E-state index contributed by atoms with van der Waals surface area (Å²) in [6, 6.07) is 4.97. The molecule has 0 amide bonds. The Morgan fingerprint density at radius 1 is 1.10 bits per heavy atom. The van der Waals surface area contributed by atoms with Crippen LogP contribution in [0, 0.1) is 6.92 Å². The summed E-state index contributed by atoms with van der Waals surface area (Å²) in [5.74, 6) is 0.984. The Morgan fingerprint density at radius 2 is 1.75 bits per heavy atom. The molecule has 0 unspecified atom stereocenters. The Balaban J connectivity index is 1.95. The molecular weight excluding hydrogens is 265 g/mol. The molecule has 0 spiro atoms. The molecule has 1 aromatic heterocycles. The molecule has 104 valence electrons. The quantitative estimate of drug-likeness (QED) is 0.816. The molecule has 3 rings (SSSR count). The summed E-state index contributed by atoms with van der Waals surface area (Å²) >= 11 is 0. The maximum absolute atomic E-state index is 12.5. The number of hydrogen-bond donors (Lipinski definition) is 0. The van der Waals surface area contributed by atoms with Crippen LogP contribution >= 0.6 is 0 Å². The first-order valence-corrected chi connectivity index (χ1v) is 6.46. The van der Waals surface area contributed by atoms with Crippen molar-refractivity contribution in [1.29, 1.82) is 0 Å². The molecule has 0 saturated heterocycles. The van der Waals surface area contributed by atoms with Crippen molar-refractivity contribution >= 4 is 0 Å². The van der Waals surface area contributed by atoms with Crippen LogP contribution in [0.1, 0.15) is 35.6 Å². The zero-order chi connectivity index (χ0) is 14.3. The molecular formula is C15H13F3N2. The fraction of sp³-hybridized carbons (Fsp3) is 0.333. The van der Waals surface area contributed by atoms with Gasteiger partial charge in [0, 0.05) is 17.7 Å². The van der Waals surface area contributed by atoms with E-state index in [9.17, 15) is 13.2 Å². The van der Waals surface area contributed by atoms with Gasteiger partial charge in [-0.25, -0.2) is 9.97 Å². The van der Waals surface area contributed by atoms with E-state index in [1.807, 2.05) is 6.92 Å². The van der Waals surface area contributed by atoms with Gasteiger partial charge in [-0.1, -0.05) is 12.1 Å². The standard InChI is InChI=1S/C15H13F3N2/c1-9-8-19-14(20-13(9)10-2-3-10)11-4-6-12(7-5-11)15(16,17)18/h4-8,10H,2-3H2,1H3. The zero-order valence-corrected chi connectivity index (χ0v) is 10.9. The third kappa shape index (κ3) is 2.53. The molecule has 1 saturated carbocycles. The molecule has 1 fully saturated rings. The van der Waals surface area contributed by atoms with Gasteiger partial charge in [0.1, 0.15) is 0 Å². The topological polar surface area (TPSA) is 25.8 Å². The molecule has 1 aliphatic rings. The molecule has 1 aromatic carbocycles. The van der Waals surface area contributed by atoms with Crippen LogP contribution in [0.25, 0.3) is 11.4 Å². The van der Waals surface area contributed by atoms with Gasteiger partial charge < -0.3 is 0 Å². The van der Waals surface area contributed by atoms with Gasteiger partial charge in [0.2, 0.25) is 0 Å². The predicted octanol–water partition coefficient (Wildman–Crippen LogP) is 4.35. The summed E-state index contributed by atoms with van der Waals surface area (Å²) in [6.07, 6.45) is -0.311. The van der Waals surface area contributed by atoms with Gasteiger partial charge in [0.15, 0.2) is 5.82 Å². The van der Waals surface area contributed by atoms with E-state index in [4.69, 9.17) is 0 Å². The van der Waals surface area contributed by atoms with Gasteiger partial charge in [-0.15, -0.1) is 0 Å². The predicted molar refractivity (Wildman–Crippen MR) is 69.2 cm³/mol. The van der Waals surface area contributed by atoms with E-state index < -0.39 is 11.7 Å². The largest absolute Gasteiger partial charge is 0.416 e. The highest BCUT2D eigenvalue weighted by molar-refractivity contribution is 5.56. The average molecular weight is 278 g/mol. The molecule has 20 heavy (non-hydrogen) atoms. The normalized spacial score (nSPS) is 15.4. The smallest absolute Gasteiger partial charge is 0.236 e. The lowest BCUT2D eigenvalue weighted by Crippen LogP contribution is -2.04. The molecule has 0 bridgehead atoms. The molecule has 0 atom stereocenters. The van der Waals surface area contributed by atoms with Crippen molar-refractivity contribution < 1.29 is 13.2 Å². The Labute approximate surface area is 114 Å². The van der Waals surface area contributed by atoms with Crippen molar-refractivity contribution in [2.45, 2.75) is 31.9 Å². The average Bonchev–Trinajstić information content (AvgIpc) is 3.23. The van der Waals surface area contributed by atoms with Crippen molar-refractivity contribution in [3.05, 3.63) is 47.3 Å². The van der Waals surface area contributed by atoms with Crippen LogP contribution in [0.3, 0.4) is 0 Å². The van der Waals surface area contributed by atoms with E-state index in [-0.39, 0.29) is 0 Å². The van der Waals surface area contributed by atoms with Gasteiger partial charge >= 0.3 is 6.18 Å². The highest BCUT2D eigenvalue weighted by Gasteiger charge is 2.30. The van der Waals surface area contributed by atoms with E-state index in [0.717, 1.165) is 36.2 Å². The number of aromatic nitrogens is 2. The van der Waals surface area contributed by atoms with E-state index in [1.54, 1.807) is 6.20 Å². The first-order chi connectivity index (χ1) is 9.45. The third-order valence-corrected chi connectivity index (χ3v) is 3.45. The van der Waals surface area contributed by atoms with Gasteiger partial charge in [-0.3, -0.25) is 0 Å². The van der Waals surface area contributed by atoms with Crippen LogP contribution in [0.15, 0.2) is 30.5 Å². The van der Waals surface area contributed by atoms with E-state index >= 15 is 0 Å². The number of nitrogens with zero attached hydrogens (tertiary/aromatic N) is 2. The fourth-order valence-electron chi connectivity index (χ4n) is 2.17. The fourth-order valence-corrected chi connectivity index (χ4v) is 2.17. The number of hydrogen-bond acceptors (Lipinski definition) is 2. The van der Waals surface area contributed by atoms with Crippen LogP contribution in [0.2, 0.25) is 0 Å². The second-order valence-electron chi connectivity index (χ2n) is 5.11. The highest BCUT2D eigenvalue weighted by Crippen LogP contribution is 2.40. The molecule has 0 aliphatic heterocycles. The zero-order valence-electron chi connectivity index (χ0n) is 10.9. The van der Waals surface area contributed by atoms with E-state index in [0.29, 0.717) is 17.3 Å². The molecule has 2 aromatic rings. The number of halogens is 3. The Kier molecular flexibility index (Phi) is 3.00. The van der Waals surface area contributed by atoms with Crippen molar-refractivity contribution in [3.8, 4) is 11.4 Å². The lowest BCUT2D eigenvalue weighted by atomic mass is 10.1. The van der Waals surface area contributed by atoms with Gasteiger partial charge in [0.25, 0.3) is 0 Å². The second kappa shape index (κ2) is 4.58. The number of aryl methyl sites for hydroxylation is 1. The van der Waals surface area contributed by atoms with Gasteiger partial charge in [0.05, 0.1) is 11.3 Å². The highest BCUT2D eigenvalue weighted by atomic mass is 19.4. The van der Waals surface area contributed by atoms with E-state index in [2.05, 4.69) is 9.97 Å². The molecule has 0 N–H and O–H groups in total. The maximum Gasteiger partial charge on any atom is 0.416 e. The molecule has 1 heterocycles. The van der Waals surface area contributed by atoms with Crippen LogP contribution in [0.5, 0.6) is 0 Å². The van der Waals surface area contributed by atoms with Crippen molar-refractivity contribution in [3.63, 3.8) is 0 Å². The summed E-state index contributed by atoms with van der Waals surface area (Å²) in [7, 11) is 0. The SMILES string of the molecule is Cc1cnc(-c2ccc(C(F)(F)F)cc2)nc1C1CC1. The first kappa shape index (κ1) is 13.1. The Morgan fingerprint density at radius 3 is 2.30 bits per heavy atom. The van der Waals surface area contributed by atoms with Crippen molar-refractivity contribution in [1.82, 2.24) is 9.97 Å². The summed E-state index contributed by atoms with van der Waals surface area (Å²) in [5, 5.41) is 0. The third-order valence-electron chi connectivity index (χ3n) is 3.45. The van der Waals surface area contributed by atoms with Crippen LogP contribution in [-0.2, 0) is 6.18 Å². The number of alkyl halides is 3. The minimum Gasteiger partial charge on any atom is -0.236 e. The monoisotopic (exact) mass is 278 g/mol. The minimum atomic E-state index is -4.31. The van der Waals surface area contributed by atoms with Crippen LogP contribution in [-0.4, -0.2) is 9.97 Å². The molecule has 1 aliphatic carbocycles. The lowest BCUT2D eigenvalue weighted by Gasteiger charge is -2.08. The minimum absolute atomic E-state index is 0.492. The van der Waals surface area contributed by atoms with Gasteiger partial charge in [-0.05, 0) is 37.5 Å². The van der Waals surface area contributed by atoms with Crippen LogP contribution in [0.4, 0.5) is 13.2 Å². The van der Waals surface area contributed by atoms with Crippen molar-refractivity contribution in [2.75, 3.05) is 0 Å². The number of benzene rings is 1. The van der Waals surface area contributed by atoms with Crippen LogP contribution < -0.4 is 0 Å². The Bertz CT molecular complexity index is 629. The lowest BCUT2D eigenvalue weighted by molar-refractivity contribution is -0.137. The maximum atomic E-state index is 12.5. The summed E-state index contributed by atoms with van der Waals surface area (Å²) in [4.78, 5) is 8.72. The summed E-state index contributed by atoms with van der Waals surface area (Å²) < 4.78 is 37.6. The van der Waals surface area contributed by atoms with Crippen molar-refractivity contribution in [2.24, 2.45) is 0 Å². The summed E-state index contributed by atoms with van der Waals surface area (Å²) in [6.45, 7) is 1.96. The number of rotatable bonds is 2. The summed E-state index contributed by atoms with van der Waals surface area (Å²) in [5.41, 5.74) is 2.02. The molecule has 5 heteroatoms. The van der Waals surface area contributed by atoms with Gasteiger partial charge in [-0.2, -0.15) is 13.2 Å². The molecule has 0 radical (unpaired) electrons. The second-order valence-corrected chi connectivity index (χ2v) is 5.11. The van der Waals surface area contributed by atoms with E-state index in [1.165, 1.54) is 12.1 Å².